The van der Waals surface area contributed by atoms with E-state index >= 15 is 0 Å². The van der Waals surface area contributed by atoms with Gasteiger partial charge in [-0.15, -0.1) is 0 Å². The lowest BCUT2D eigenvalue weighted by Gasteiger charge is -2.38. The monoisotopic (exact) mass is 415 g/mol. The van der Waals surface area contributed by atoms with E-state index in [1.807, 2.05) is 23.1 Å². The Hall–Kier alpha value is -2.31. The van der Waals surface area contributed by atoms with Crippen LogP contribution in [-0.2, 0) is 4.74 Å². The Morgan fingerprint density at radius 1 is 0.966 bits per heavy atom. The van der Waals surface area contributed by atoms with Crippen LogP contribution >= 0.6 is 11.6 Å². The molecule has 0 radical (unpaired) electrons. The maximum atomic E-state index is 14.8. The van der Waals surface area contributed by atoms with Crippen LogP contribution in [0.1, 0.15) is 23.2 Å². The molecule has 0 atom stereocenters. The third-order valence-electron chi connectivity index (χ3n) is 5.88. The summed E-state index contributed by atoms with van der Waals surface area (Å²) in [6.45, 7) is 3.82. The number of ether oxygens (including phenoxy) is 1. The summed E-state index contributed by atoms with van der Waals surface area (Å²) in [5, 5.41) is 0.591. The first kappa shape index (κ1) is 18.7. The number of rotatable bonds is 3. The van der Waals surface area contributed by atoms with E-state index in [-0.39, 0.29) is 11.7 Å². The summed E-state index contributed by atoms with van der Waals surface area (Å²) in [5.41, 5.74) is 2.71. The van der Waals surface area contributed by atoms with Gasteiger partial charge >= 0.3 is 0 Å². The van der Waals surface area contributed by atoms with Crippen LogP contribution in [0.15, 0.2) is 36.4 Å². The smallest absolute Gasteiger partial charge is 0.258 e. The number of hydrogen-bond acceptors (Lipinski definition) is 4. The molecule has 3 aliphatic rings. The number of morpholine rings is 1. The first-order valence-corrected chi connectivity index (χ1v) is 10.5. The highest BCUT2D eigenvalue weighted by molar-refractivity contribution is 6.31. The van der Waals surface area contributed by atoms with Crippen molar-refractivity contribution in [3.63, 3.8) is 0 Å². The summed E-state index contributed by atoms with van der Waals surface area (Å²) in [7, 11) is 0. The molecule has 2 aromatic rings. The van der Waals surface area contributed by atoms with Crippen molar-refractivity contribution in [3.8, 4) is 0 Å². The van der Waals surface area contributed by atoms with Crippen LogP contribution in [0.3, 0.4) is 0 Å². The quantitative estimate of drug-likeness (QED) is 0.760. The maximum Gasteiger partial charge on any atom is 0.258 e. The second kappa shape index (κ2) is 7.50. The highest BCUT2D eigenvalue weighted by atomic mass is 35.5. The third-order valence-corrected chi connectivity index (χ3v) is 6.12. The Bertz CT molecular complexity index is 944. The Balaban J connectivity index is 1.43. The zero-order chi connectivity index (χ0) is 20.0. The SMILES string of the molecule is O=C(c1ccc(N2CCOCC2)c(F)c1)N1CCN(C2CC2)c2ccc(Cl)cc21. The number of amides is 1. The van der Waals surface area contributed by atoms with Crippen molar-refractivity contribution in [3.05, 3.63) is 52.8 Å². The molecule has 5 nitrogen and oxygen atoms in total. The lowest BCUT2D eigenvalue weighted by molar-refractivity contribution is 0.0986. The normalized spacial score (nSPS) is 19.3. The van der Waals surface area contributed by atoms with Gasteiger partial charge in [-0.05, 0) is 49.2 Å². The van der Waals surface area contributed by atoms with E-state index in [9.17, 15) is 9.18 Å². The molecule has 0 N–H and O–H groups in total. The molecule has 1 saturated carbocycles. The molecule has 0 aromatic heterocycles. The molecule has 1 amide bonds. The third kappa shape index (κ3) is 3.55. The molecule has 152 valence electrons. The minimum absolute atomic E-state index is 0.198. The van der Waals surface area contributed by atoms with Crippen molar-refractivity contribution >= 4 is 34.6 Å². The van der Waals surface area contributed by atoms with E-state index in [1.165, 1.54) is 18.9 Å². The zero-order valence-electron chi connectivity index (χ0n) is 16.1. The lowest BCUT2D eigenvalue weighted by Crippen LogP contribution is -2.45. The van der Waals surface area contributed by atoms with Gasteiger partial charge < -0.3 is 19.4 Å². The Morgan fingerprint density at radius 2 is 1.72 bits per heavy atom. The molecule has 5 rings (SSSR count). The van der Waals surface area contributed by atoms with E-state index in [4.69, 9.17) is 16.3 Å². The molecule has 2 fully saturated rings. The number of benzene rings is 2. The molecule has 1 saturated heterocycles. The fraction of sp³-hybridized carbons (Fsp3) is 0.409. The van der Waals surface area contributed by atoms with Crippen LogP contribution < -0.4 is 14.7 Å². The lowest BCUT2D eigenvalue weighted by atomic mass is 10.1. The second-order valence-corrected chi connectivity index (χ2v) is 8.22. The van der Waals surface area contributed by atoms with E-state index in [0.29, 0.717) is 55.2 Å². The molecule has 1 aliphatic carbocycles. The molecule has 29 heavy (non-hydrogen) atoms. The minimum Gasteiger partial charge on any atom is -0.378 e. The molecule has 0 unspecified atom stereocenters. The number of hydrogen-bond donors (Lipinski definition) is 0. The van der Waals surface area contributed by atoms with Crippen molar-refractivity contribution in [2.45, 2.75) is 18.9 Å². The minimum atomic E-state index is -0.374. The van der Waals surface area contributed by atoms with Gasteiger partial charge in [-0.25, -0.2) is 4.39 Å². The molecule has 2 aromatic carbocycles. The summed E-state index contributed by atoms with van der Waals surface area (Å²) in [5.74, 6) is -0.572. The first-order chi connectivity index (χ1) is 14.1. The van der Waals surface area contributed by atoms with Crippen LogP contribution in [0.4, 0.5) is 21.5 Å². The van der Waals surface area contributed by atoms with Gasteiger partial charge in [-0.2, -0.15) is 0 Å². The molecule has 2 heterocycles. The van der Waals surface area contributed by atoms with Crippen LogP contribution in [0.5, 0.6) is 0 Å². The van der Waals surface area contributed by atoms with E-state index in [0.717, 1.165) is 17.9 Å². The molecule has 0 bridgehead atoms. The average Bonchev–Trinajstić information content (AvgIpc) is 3.58. The fourth-order valence-electron chi connectivity index (χ4n) is 4.24. The van der Waals surface area contributed by atoms with Gasteiger partial charge in [-0.1, -0.05) is 11.6 Å². The van der Waals surface area contributed by atoms with Gasteiger partial charge in [0.05, 0.1) is 30.3 Å². The fourth-order valence-corrected chi connectivity index (χ4v) is 4.40. The van der Waals surface area contributed by atoms with Gasteiger partial charge in [0.25, 0.3) is 5.91 Å². The van der Waals surface area contributed by atoms with Crippen LogP contribution in [0.25, 0.3) is 0 Å². The summed E-state index contributed by atoms with van der Waals surface area (Å²) < 4.78 is 20.2. The Labute approximate surface area is 174 Å². The highest BCUT2D eigenvalue weighted by Gasteiger charge is 2.36. The standard InChI is InChI=1S/C22H23ClFN3O2/c23-16-2-6-20-21(14-16)27(8-7-26(20)17-3-4-17)22(28)15-1-5-19(18(24)13-15)25-9-11-29-12-10-25/h1-2,5-6,13-14,17H,3-4,7-12H2. The number of fused-ring (bicyclic) bond motifs is 1. The summed E-state index contributed by atoms with van der Waals surface area (Å²) >= 11 is 6.24. The largest absolute Gasteiger partial charge is 0.378 e. The first-order valence-electron chi connectivity index (χ1n) is 10.1. The van der Waals surface area contributed by atoms with Gasteiger partial charge in [0.2, 0.25) is 0 Å². The molecular weight excluding hydrogens is 393 g/mol. The number of anilines is 3. The zero-order valence-corrected chi connectivity index (χ0v) is 16.9. The second-order valence-electron chi connectivity index (χ2n) is 7.78. The average molecular weight is 416 g/mol. The van der Waals surface area contributed by atoms with Crippen molar-refractivity contribution in [2.75, 3.05) is 54.1 Å². The summed E-state index contributed by atoms with van der Waals surface area (Å²) in [6.07, 6.45) is 2.37. The van der Waals surface area contributed by atoms with Gasteiger partial charge in [-0.3, -0.25) is 4.79 Å². The number of nitrogens with zero attached hydrogens (tertiary/aromatic N) is 3. The number of halogens is 2. The topological polar surface area (TPSA) is 36.0 Å². The van der Waals surface area contributed by atoms with Crippen molar-refractivity contribution in [1.82, 2.24) is 0 Å². The molecule has 0 spiro atoms. The number of carbonyl (C=O) groups excluding carboxylic acids is 1. The molecular formula is C22H23ClFN3O2. The molecule has 2 aliphatic heterocycles. The van der Waals surface area contributed by atoms with Crippen LogP contribution in [0, 0.1) is 5.82 Å². The molecule has 7 heteroatoms. The van der Waals surface area contributed by atoms with Crippen LogP contribution in [0.2, 0.25) is 5.02 Å². The highest BCUT2D eigenvalue weighted by Crippen LogP contribution is 2.41. The van der Waals surface area contributed by atoms with E-state index in [1.54, 1.807) is 17.0 Å². The van der Waals surface area contributed by atoms with Crippen molar-refractivity contribution < 1.29 is 13.9 Å². The van der Waals surface area contributed by atoms with Gasteiger partial charge in [0.15, 0.2) is 0 Å². The Kier molecular flexibility index (Phi) is 4.84. The van der Waals surface area contributed by atoms with Crippen molar-refractivity contribution in [2.24, 2.45) is 0 Å². The predicted molar refractivity (Wildman–Crippen MR) is 113 cm³/mol. The maximum absolute atomic E-state index is 14.8. The number of carbonyl (C=O) groups is 1. The summed E-state index contributed by atoms with van der Waals surface area (Å²) in [4.78, 5) is 19.3. The van der Waals surface area contributed by atoms with Crippen molar-refractivity contribution in [1.29, 1.82) is 0 Å². The van der Waals surface area contributed by atoms with Gasteiger partial charge in [0.1, 0.15) is 5.82 Å². The summed E-state index contributed by atoms with van der Waals surface area (Å²) in [6, 6.07) is 11.0. The Morgan fingerprint density at radius 3 is 2.45 bits per heavy atom. The van der Waals surface area contributed by atoms with Gasteiger partial charge in [0, 0.05) is 42.8 Å². The predicted octanol–water partition coefficient (Wildman–Crippen LogP) is 3.94. The van der Waals surface area contributed by atoms with Crippen LogP contribution in [-0.4, -0.2) is 51.3 Å². The van der Waals surface area contributed by atoms with E-state index in [2.05, 4.69) is 4.90 Å². The van der Waals surface area contributed by atoms with E-state index < -0.39 is 0 Å².